The van der Waals surface area contributed by atoms with Crippen LogP contribution in [0.1, 0.15) is 26.3 Å². The molecule has 0 aliphatic carbocycles. The summed E-state index contributed by atoms with van der Waals surface area (Å²) in [5.41, 5.74) is 2.35. The van der Waals surface area contributed by atoms with Gasteiger partial charge in [-0.1, -0.05) is 18.2 Å². The zero-order chi connectivity index (χ0) is 18.9. The van der Waals surface area contributed by atoms with Gasteiger partial charge in [-0.05, 0) is 49.7 Å². The van der Waals surface area contributed by atoms with Crippen molar-refractivity contribution in [2.24, 2.45) is 0 Å². The van der Waals surface area contributed by atoms with Gasteiger partial charge >= 0.3 is 0 Å². The predicted molar refractivity (Wildman–Crippen MR) is 103 cm³/mol. The summed E-state index contributed by atoms with van der Waals surface area (Å²) in [4.78, 5) is 23.1. The van der Waals surface area contributed by atoms with Crippen LogP contribution >= 0.6 is 0 Å². The quantitative estimate of drug-likeness (QED) is 0.680. The molecule has 0 heterocycles. The number of nitrogens with one attached hydrogen (secondary N) is 3. The number of benzene rings is 2. The molecule has 3 N–H and O–H groups in total. The van der Waals surface area contributed by atoms with E-state index in [0.29, 0.717) is 17.9 Å². The van der Waals surface area contributed by atoms with Crippen molar-refractivity contribution in [1.29, 1.82) is 0 Å². The number of hydrogen-bond donors (Lipinski definition) is 3. The molecule has 2 aromatic carbocycles. The number of hydrogen-bond acceptors (Lipinski definition) is 4. The van der Waals surface area contributed by atoms with Crippen LogP contribution in [0.2, 0.25) is 0 Å². The summed E-state index contributed by atoms with van der Waals surface area (Å²) in [7, 11) is 0. The minimum absolute atomic E-state index is 0.145. The summed E-state index contributed by atoms with van der Waals surface area (Å²) in [5.74, 6) is 0.533. The molecule has 0 saturated heterocycles. The fraction of sp³-hybridized carbons (Fsp3) is 0.300. The number of amides is 2. The van der Waals surface area contributed by atoms with Crippen LogP contribution in [0.15, 0.2) is 48.5 Å². The SMILES string of the molecule is CC(=O)Nc1cccc(NC(=O)CNCc2ccc(OC(C)C)cc2)c1. The van der Waals surface area contributed by atoms with Crippen LogP contribution in [-0.4, -0.2) is 24.5 Å². The lowest BCUT2D eigenvalue weighted by Crippen LogP contribution is -2.27. The van der Waals surface area contributed by atoms with Gasteiger partial charge in [-0.15, -0.1) is 0 Å². The van der Waals surface area contributed by atoms with E-state index in [9.17, 15) is 9.59 Å². The molecule has 0 aromatic heterocycles. The molecule has 0 aliphatic rings. The second-order valence-electron chi connectivity index (χ2n) is 6.22. The molecule has 26 heavy (non-hydrogen) atoms. The average Bonchev–Trinajstić information content (AvgIpc) is 2.55. The molecule has 0 radical (unpaired) electrons. The molecule has 0 fully saturated rings. The molecule has 6 nitrogen and oxygen atoms in total. The van der Waals surface area contributed by atoms with Gasteiger partial charge in [0.1, 0.15) is 5.75 Å². The van der Waals surface area contributed by atoms with Crippen molar-refractivity contribution in [2.45, 2.75) is 33.4 Å². The highest BCUT2D eigenvalue weighted by Crippen LogP contribution is 2.15. The van der Waals surface area contributed by atoms with Crippen LogP contribution in [0.5, 0.6) is 5.75 Å². The molecule has 0 unspecified atom stereocenters. The van der Waals surface area contributed by atoms with Gasteiger partial charge in [0.15, 0.2) is 0 Å². The van der Waals surface area contributed by atoms with Gasteiger partial charge in [0, 0.05) is 24.8 Å². The highest BCUT2D eigenvalue weighted by atomic mass is 16.5. The standard InChI is InChI=1S/C20H25N3O3/c1-14(2)26-19-9-7-16(8-10-19)12-21-13-20(25)23-18-6-4-5-17(11-18)22-15(3)24/h4-11,14,21H,12-13H2,1-3H3,(H,22,24)(H,23,25). The molecule has 0 spiro atoms. The maximum absolute atomic E-state index is 12.0. The van der Waals surface area contributed by atoms with Crippen LogP contribution < -0.4 is 20.7 Å². The van der Waals surface area contributed by atoms with Crippen molar-refractivity contribution in [1.82, 2.24) is 5.32 Å². The van der Waals surface area contributed by atoms with E-state index in [1.165, 1.54) is 6.92 Å². The second-order valence-corrected chi connectivity index (χ2v) is 6.22. The van der Waals surface area contributed by atoms with Crippen molar-refractivity contribution in [3.63, 3.8) is 0 Å². The molecule has 138 valence electrons. The first-order valence-corrected chi connectivity index (χ1v) is 8.56. The third-order valence-electron chi connectivity index (χ3n) is 3.38. The van der Waals surface area contributed by atoms with E-state index in [4.69, 9.17) is 4.74 Å². The summed E-state index contributed by atoms with van der Waals surface area (Å²) in [6, 6.07) is 14.8. The van der Waals surface area contributed by atoms with Crippen LogP contribution in [-0.2, 0) is 16.1 Å². The number of rotatable bonds is 8. The molecular formula is C20H25N3O3. The third kappa shape index (κ3) is 6.94. The first-order chi connectivity index (χ1) is 12.4. The van der Waals surface area contributed by atoms with Crippen LogP contribution in [0, 0.1) is 0 Å². The minimum atomic E-state index is -0.153. The molecule has 2 aromatic rings. The average molecular weight is 355 g/mol. The van der Waals surface area contributed by atoms with E-state index in [2.05, 4.69) is 16.0 Å². The lowest BCUT2D eigenvalue weighted by Gasteiger charge is -2.11. The van der Waals surface area contributed by atoms with Crippen LogP contribution in [0.25, 0.3) is 0 Å². The van der Waals surface area contributed by atoms with E-state index in [1.807, 2.05) is 38.1 Å². The first-order valence-electron chi connectivity index (χ1n) is 8.56. The molecule has 0 aliphatic heterocycles. The van der Waals surface area contributed by atoms with Gasteiger partial charge in [-0.2, -0.15) is 0 Å². The Balaban J connectivity index is 1.77. The van der Waals surface area contributed by atoms with Gasteiger partial charge in [0.2, 0.25) is 11.8 Å². The Morgan fingerprint density at radius 3 is 2.27 bits per heavy atom. The zero-order valence-corrected chi connectivity index (χ0v) is 15.3. The summed E-state index contributed by atoms with van der Waals surface area (Å²) in [6.07, 6.45) is 0.145. The first kappa shape index (κ1) is 19.5. The Hall–Kier alpha value is -2.86. The van der Waals surface area contributed by atoms with Gasteiger partial charge in [-0.3, -0.25) is 9.59 Å². The van der Waals surface area contributed by atoms with Crippen molar-refractivity contribution in [3.8, 4) is 5.75 Å². The Labute approximate surface area is 153 Å². The fourth-order valence-electron chi connectivity index (χ4n) is 2.36. The van der Waals surface area contributed by atoms with Gasteiger partial charge < -0.3 is 20.7 Å². The molecule has 0 bridgehead atoms. The maximum atomic E-state index is 12.0. The van der Waals surface area contributed by atoms with Gasteiger partial charge in [-0.25, -0.2) is 0 Å². The molecule has 0 saturated carbocycles. The lowest BCUT2D eigenvalue weighted by molar-refractivity contribution is -0.115. The smallest absolute Gasteiger partial charge is 0.238 e. The van der Waals surface area contributed by atoms with Crippen molar-refractivity contribution >= 4 is 23.2 Å². The molecule has 6 heteroatoms. The zero-order valence-electron chi connectivity index (χ0n) is 15.3. The summed E-state index contributed by atoms with van der Waals surface area (Å²) >= 11 is 0. The largest absolute Gasteiger partial charge is 0.491 e. The van der Waals surface area contributed by atoms with Crippen molar-refractivity contribution in [2.75, 3.05) is 17.2 Å². The third-order valence-corrected chi connectivity index (χ3v) is 3.38. The monoisotopic (exact) mass is 355 g/mol. The topological polar surface area (TPSA) is 79.5 Å². The predicted octanol–water partition coefficient (Wildman–Crippen LogP) is 3.16. The minimum Gasteiger partial charge on any atom is -0.491 e. The van der Waals surface area contributed by atoms with E-state index < -0.39 is 0 Å². The number of ether oxygens (including phenoxy) is 1. The maximum Gasteiger partial charge on any atom is 0.238 e. The summed E-state index contributed by atoms with van der Waals surface area (Å²) in [6.45, 7) is 6.19. The fourth-order valence-corrected chi connectivity index (χ4v) is 2.36. The van der Waals surface area contributed by atoms with Crippen LogP contribution in [0.4, 0.5) is 11.4 Å². The van der Waals surface area contributed by atoms with Crippen molar-refractivity contribution < 1.29 is 14.3 Å². The number of carbonyl (C=O) groups excluding carboxylic acids is 2. The Kier molecular flexibility index (Phi) is 7.17. The van der Waals surface area contributed by atoms with Crippen LogP contribution in [0.3, 0.4) is 0 Å². The molecule has 2 rings (SSSR count). The van der Waals surface area contributed by atoms with Gasteiger partial charge in [0.05, 0.1) is 12.6 Å². The molecular weight excluding hydrogens is 330 g/mol. The van der Waals surface area contributed by atoms with E-state index in [1.54, 1.807) is 24.3 Å². The summed E-state index contributed by atoms with van der Waals surface area (Å²) in [5, 5.41) is 8.59. The molecule has 0 atom stereocenters. The van der Waals surface area contributed by atoms with Crippen molar-refractivity contribution in [3.05, 3.63) is 54.1 Å². The van der Waals surface area contributed by atoms with E-state index in [0.717, 1.165) is 11.3 Å². The highest BCUT2D eigenvalue weighted by Gasteiger charge is 2.04. The number of carbonyl (C=O) groups is 2. The molecule has 2 amide bonds. The lowest BCUT2D eigenvalue weighted by atomic mass is 10.2. The van der Waals surface area contributed by atoms with E-state index in [-0.39, 0.29) is 24.5 Å². The highest BCUT2D eigenvalue weighted by molar-refractivity contribution is 5.94. The Bertz CT molecular complexity index is 742. The normalized spacial score (nSPS) is 10.5. The van der Waals surface area contributed by atoms with E-state index >= 15 is 0 Å². The Morgan fingerprint density at radius 1 is 1.00 bits per heavy atom. The number of anilines is 2. The summed E-state index contributed by atoms with van der Waals surface area (Å²) < 4.78 is 5.60. The second kappa shape index (κ2) is 9.58. The Morgan fingerprint density at radius 2 is 1.65 bits per heavy atom. The van der Waals surface area contributed by atoms with Gasteiger partial charge in [0.25, 0.3) is 0 Å².